The molecule has 0 aliphatic rings. The van der Waals surface area contributed by atoms with Crippen molar-refractivity contribution in [3.63, 3.8) is 0 Å². The fraction of sp³-hybridized carbons (Fsp3) is 0.625. The molecule has 0 saturated heterocycles. The first-order chi connectivity index (χ1) is 8.22. The van der Waals surface area contributed by atoms with Crippen molar-refractivity contribution in [2.24, 2.45) is 0 Å². The molecule has 1 aromatic rings. The molecule has 0 bridgehead atoms. The van der Waals surface area contributed by atoms with Gasteiger partial charge >= 0.3 is 0 Å². The van der Waals surface area contributed by atoms with Crippen LogP contribution < -0.4 is 0 Å². The molecule has 2 unspecified atom stereocenters. The predicted molar refractivity (Wildman–Crippen MR) is 81.2 cm³/mol. The number of hydrogen-bond acceptors (Lipinski definition) is 1. The second kappa shape index (κ2) is 7.81. The normalized spacial score (nSPS) is 14.6. The van der Waals surface area contributed by atoms with Crippen LogP contribution in [0, 0.1) is 0 Å². The topological polar surface area (TPSA) is 0 Å². The molecule has 1 heteroatoms. The highest BCUT2D eigenvalue weighted by molar-refractivity contribution is 7.98. The Labute approximate surface area is 111 Å². The minimum atomic E-state index is 0.701. The van der Waals surface area contributed by atoms with E-state index in [1.165, 1.54) is 36.1 Å². The summed E-state index contributed by atoms with van der Waals surface area (Å²) in [6.45, 7) is 6.91. The van der Waals surface area contributed by atoms with E-state index < -0.39 is 0 Å². The van der Waals surface area contributed by atoms with E-state index in [1.54, 1.807) is 0 Å². The third-order valence-corrected chi connectivity index (χ3v) is 4.27. The summed E-state index contributed by atoms with van der Waals surface area (Å²) in [7, 11) is 0. The summed E-state index contributed by atoms with van der Waals surface area (Å²) in [5.74, 6) is 2.66. The molecule has 0 N–H and O–H groups in total. The Morgan fingerprint density at radius 2 is 1.88 bits per heavy atom. The van der Waals surface area contributed by atoms with Crippen LogP contribution in [0.1, 0.15) is 63.0 Å². The Bertz CT molecular complexity index is 319. The average Bonchev–Trinajstić information content (AvgIpc) is 2.36. The Morgan fingerprint density at radius 3 is 2.47 bits per heavy atom. The fourth-order valence-corrected chi connectivity index (χ4v) is 3.20. The van der Waals surface area contributed by atoms with E-state index in [4.69, 9.17) is 0 Å². The molecule has 1 rings (SSSR count). The van der Waals surface area contributed by atoms with E-state index in [2.05, 4.69) is 51.3 Å². The van der Waals surface area contributed by atoms with Gasteiger partial charge in [-0.25, -0.2) is 0 Å². The van der Waals surface area contributed by atoms with Crippen molar-refractivity contribution in [2.45, 2.75) is 51.9 Å². The first-order valence-corrected chi connectivity index (χ1v) is 8.21. The minimum absolute atomic E-state index is 0.701. The van der Waals surface area contributed by atoms with Crippen molar-refractivity contribution in [1.82, 2.24) is 0 Å². The van der Waals surface area contributed by atoms with Gasteiger partial charge in [-0.15, -0.1) is 0 Å². The molecular weight excluding hydrogens is 224 g/mol. The van der Waals surface area contributed by atoms with Crippen LogP contribution in [-0.2, 0) is 0 Å². The largest absolute Gasteiger partial charge is 0.165 e. The molecule has 0 aromatic heterocycles. The zero-order chi connectivity index (χ0) is 12.7. The first-order valence-electron chi connectivity index (χ1n) is 6.81. The zero-order valence-electron chi connectivity index (χ0n) is 11.7. The summed E-state index contributed by atoms with van der Waals surface area (Å²) in [5, 5.41) is 0. The summed E-state index contributed by atoms with van der Waals surface area (Å²) in [6, 6.07) is 9.26. The molecule has 17 heavy (non-hydrogen) atoms. The van der Waals surface area contributed by atoms with Gasteiger partial charge in [-0.05, 0) is 47.8 Å². The highest BCUT2D eigenvalue weighted by Crippen LogP contribution is 2.27. The second-order valence-corrected chi connectivity index (χ2v) is 5.83. The van der Waals surface area contributed by atoms with Crippen molar-refractivity contribution >= 4 is 11.8 Å². The monoisotopic (exact) mass is 250 g/mol. The van der Waals surface area contributed by atoms with Gasteiger partial charge in [0.05, 0.1) is 0 Å². The van der Waals surface area contributed by atoms with Crippen LogP contribution in [-0.4, -0.2) is 12.0 Å². The molecule has 0 fully saturated rings. The van der Waals surface area contributed by atoms with Crippen LogP contribution in [0.5, 0.6) is 0 Å². The van der Waals surface area contributed by atoms with Crippen LogP contribution in [0.25, 0.3) is 0 Å². The molecule has 2 atom stereocenters. The van der Waals surface area contributed by atoms with Crippen molar-refractivity contribution in [1.29, 1.82) is 0 Å². The molecule has 96 valence electrons. The van der Waals surface area contributed by atoms with Gasteiger partial charge in [-0.3, -0.25) is 0 Å². The average molecular weight is 250 g/mol. The number of hydrogen-bond donors (Lipinski definition) is 0. The number of benzene rings is 1. The summed E-state index contributed by atoms with van der Waals surface area (Å²) in [6.07, 6.45) is 6.01. The van der Waals surface area contributed by atoms with E-state index in [0.29, 0.717) is 5.92 Å². The van der Waals surface area contributed by atoms with Crippen LogP contribution in [0.15, 0.2) is 24.3 Å². The maximum Gasteiger partial charge on any atom is -0.000141 e. The van der Waals surface area contributed by atoms with Crippen LogP contribution in [0.4, 0.5) is 0 Å². The maximum absolute atomic E-state index is 2.44. The molecule has 1 aromatic carbocycles. The second-order valence-electron chi connectivity index (χ2n) is 4.92. The highest BCUT2D eigenvalue weighted by Gasteiger charge is 2.11. The lowest BCUT2D eigenvalue weighted by Crippen LogP contribution is -2.02. The standard InChI is InChI=1S/C16H26S/c1-5-8-13(3)15-9-7-10-16(11-15)14(6-2)12-17-4/h7,9-11,13-14H,5-6,8,12H2,1-4H3. The zero-order valence-corrected chi connectivity index (χ0v) is 12.5. The maximum atomic E-state index is 2.44. The lowest BCUT2D eigenvalue weighted by Gasteiger charge is -2.17. The van der Waals surface area contributed by atoms with Gasteiger partial charge in [-0.1, -0.05) is 51.5 Å². The van der Waals surface area contributed by atoms with Crippen LogP contribution in [0.2, 0.25) is 0 Å². The van der Waals surface area contributed by atoms with Gasteiger partial charge in [0.25, 0.3) is 0 Å². The van der Waals surface area contributed by atoms with Crippen molar-refractivity contribution in [2.75, 3.05) is 12.0 Å². The smallest absolute Gasteiger partial charge is 0.000141 e. The molecule has 0 amide bonds. The van der Waals surface area contributed by atoms with Gasteiger partial charge in [-0.2, -0.15) is 11.8 Å². The van der Waals surface area contributed by atoms with Crippen molar-refractivity contribution in [3.8, 4) is 0 Å². The van der Waals surface area contributed by atoms with E-state index in [-0.39, 0.29) is 0 Å². The minimum Gasteiger partial charge on any atom is -0.165 e. The number of thioether (sulfide) groups is 1. The summed E-state index contributed by atoms with van der Waals surface area (Å²) < 4.78 is 0. The Hall–Kier alpha value is -0.430. The van der Waals surface area contributed by atoms with Gasteiger partial charge in [0, 0.05) is 0 Å². The molecule has 0 saturated carbocycles. The molecule has 0 spiro atoms. The third kappa shape index (κ3) is 4.39. The van der Waals surface area contributed by atoms with E-state index in [9.17, 15) is 0 Å². The SMILES string of the molecule is CCCC(C)c1cccc(C(CC)CSC)c1. The van der Waals surface area contributed by atoms with Gasteiger partial charge in [0.2, 0.25) is 0 Å². The molecule has 0 aliphatic heterocycles. The quantitative estimate of drug-likeness (QED) is 0.620. The van der Waals surface area contributed by atoms with Crippen LogP contribution >= 0.6 is 11.8 Å². The van der Waals surface area contributed by atoms with Gasteiger partial charge < -0.3 is 0 Å². The lowest BCUT2D eigenvalue weighted by atomic mass is 9.91. The Kier molecular flexibility index (Phi) is 6.72. The van der Waals surface area contributed by atoms with E-state index in [0.717, 1.165) is 5.92 Å². The van der Waals surface area contributed by atoms with Crippen molar-refractivity contribution in [3.05, 3.63) is 35.4 Å². The molecule has 0 nitrogen and oxygen atoms in total. The molecule has 0 radical (unpaired) electrons. The molecule has 0 aliphatic carbocycles. The van der Waals surface area contributed by atoms with Gasteiger partial charge in [0.1, 0.15) is 0 Å². The Morgan fingerprint density at radius 1 is 1.18 bits per heavy atom. The predicted octanol–water partition coefficient (Wildman–Crippen LogP) is 5.45. The highest BCUT2D eigenvalue weighted by atomic mass is 32.2. The first kappa shape index (κ1) is 14.6. The summed E-state index contributed by atoms with van der Waals surface area (Å²) >= 11 is 1.95. The number of rotatable bonds is 7. The Balaban J connectivity index is 2.83. The molecule has 0 heterocycles. The van der Waals surface area contributed by atoms with Gasteiger partial charge in [0.15, 0.2) is 0 Å². The van der Waals surface area contributed by atoms with E-state index in [1.807, 2.05) is 11.8 Å². The lowest BCUT2D eigenvalue weighted by molar-refractivity contribution is 0.661. The fourth-order valence-electron chi connectivity index (χ4n) is 2.37. The van der Waals surface area contributed by atoms with Crippen molar-refractivity contribution < 1.29 is 0 Å². The summed E-state index contributed by atoms with van der Waals surface area (Å²) in [5.41, 5.74) is 3.05. The third-order valence-electron chi connectivity index (χ3n) is 3.53. The van der Waals surface area contributed by atoms with E-state index >= 15 is 0 Å². The summed E-state index contributed by atoms with van der Waals surface area (Å²) in [4.78, 5) is 0. The van der Waals surface area contributed by atoms with Crippen LogP contribution in [0.3, 0.4) is 0 Å². The molecular formula is C16H26S.